The number of nitrogens with two attached hydrogens (primary N) is 1. The SMILES string of the molecule is COCC1CCN(C(CN)c2cc(F)ccc2C)C1. The van der Waals surface area contributed by atoms with Gasteiger partial charge in [-0.15, -0.1) is 0 Å². The Bertz CT molecular complexity index is 425. The van der Waals surface area contributed by atoms with E-state index in [1.165, 1.54) is 6.07 Å². The van der Waals surface area contributed by atoms with Crippen molar-refractivity contribution in [3.63, 3.8) is 0 Å². The molecule has 1 fully saturated rings. The van der Waals surface area contributed by atoms with Crippen LogP contribution in [0.2, 0.25) is 0 Å². The quantitative estimate of drug-likeness (QED) is 0.887. The number of halogens is 1. The summed E-state index contributed by atoms with van der Waals surface area (Å²) >= 11 is 0. The number of nitrogens with zero attached hydrogens (tertiary/aromatic N) is 1. The molecule has 0 aromatic heterocycles. The van der Waals surface area contributed by atoms with Crippen molar-refractivity contribution in [3.8, 4) is 0 Å². The minimum Gasteiger partial charge on any atom is -0.384 e. The molecule has 3 nitrogen and oxygen atoms in total. The van der Waals surface area contributed by atoms with Gasteiger partial charge in [-0.05, 0) is 49.1 Å². The molecule has 2 unspecified atom stereocenters. The Morgan fingerprint density at radius 1 is 1.53 bits per heavy atom. The fourth-order valence-electron chi connectivity index (χ4n) is 2.96. The van der Waals surface area contributed by atoms with E-state index in [1.54, 1.807) is 13.2 Å². The molecule has 0 radical (unpaired) electrons. The third-order valence-corrected chi connectivity index (χ3v) is 3.98. The van der Waals surface area contributed by atoms with Gasteiger partial charge in [0.05, 0.1) is 6.61 Å². The summed E-state index contributed by atoms with van der Waals surface area (Å²) in [5.41, 5.74) is 8.05. The largest absolute Gasteiger partial charge is 0.384 e. The predicted molar refractivity (Wildman–Crippen MR) is 74.5 cm³/mol. The highest BCUT2D eigenvalue weighted by atomic mass is 19.1. The molecule has 1 aliphatic rings. The van der Waals surface area contributed by atoms with Crippen molar-refractivity contribution >= 4 is 0 Å². The Morgan fingerprint density at radius 2 is 2.32 bits per heavy atom. The standard InChI is InChI=1S/C15H23FN2O/c1-11-3-4-13(16)7-14(11)15(8-17)18-6-5-12(9-18)10-19-2/h3-4,7,12,15H,5-6,8-10,17H2,1-2H3. The van der Waals surface area contributed by atoms with Crippen LogP contribution in [0.1, 0.15) is 23.6 Å². The van der Waals surface area contributed by atoms with E-state index in [0.29, 0.717) is 12.5 Å². The second kappa shape index (κ2) is 6.46. The van der Waals surface area contributed by atoms with Gasteiger partial charge in [0.25, 0.3) is 0 Å². The van der Waals surface area contributed by atoms with Crippen molar-refractivity contribution in [2.24, 2.45) is 11.7 Å². The molecule has 106 valence electrons. The first-order chi connectivity index (χ1) is 9.15. The minimum absolute atomic E-state index is 0.109. The first-order valence-corrected chi connectivity index (χ1v) is 6.84. The third-order valence-electron chi connectivity index (χ3n) is 3.98. The van der Waals surface area contributed by atoms with Crippen LogP contribution in [0.25, 0.3) is 0 Å². The van der Waals surface area contributed by atoms with Gasteiger partial charge in [0.2, 0.25) is 0 Å². The van der Waals surface area contributed by atoms with E-state index in [2.05, 4.69) is 4.90 Å². The highest BCUT2D eigenvalue weighted by molar-refractivity contribution is 5.30. The number of aryl methyl sites for hydroxylation is 1. The van der Waals surface area contributed by atoms with E-state index in [9.17, 15) is 4.39 Å². The predicted octanol–water partition coefficient (Wildman–Crippen LogP) is 2.10. The van der Waals surface area contributed by atoms with Crippen LogP contribution in [0.3, 0.4) is 0 Å². The fourth-order valence-corrected chi connectivity index (χ4v) is 2.96. The average Bonchev–Trinajstić information content (AvgIpc) is 2.83. The lowest BCUT2D eigenvalue weighted by Crippen LogP contribution is -2.33. The van der Waals surface area contributed by atoms with E-state index >= 15 is 0 Å². The number of rotatable bonds is 5. The molecule has 0 amide bonds. The normalized spacial score (nSPS) is 21.8. The molecular weight excluding hydrogens is 243 g/mol. The maximum Gasteiger partial charge on any atom is 0.123 e. The topological polar surface area (TPSA) is 38.5 Å². The molecule has 4 heteroatoms. The summed E-state index contributed by atoms with van der Waals surface area (Å²) in [5.74, 6) is 0.375. The zero-order valence-corrected chi connectivity index (χ0v) is 11.7. The van der Waals surface area contributed by atoms with E-state index in [0.717, 1.165) is 37.2 Å². The van der Waals surface area contributed by atoms with Crippen molar-refractivity contribution in [1.29, 1.82) is 0 Å². The van der Waals surface area contributed by atoms with E-state index in [4.69, 9.17) is 10.5 Å². The Balaban J connectivity index is 2.14. The molecule has 1 aromatic carbocycles. The molecule has 19 heavy (non-hydrogen) atoms. The van der Waals surface area contributed by atoms with Crippen LogP contribution in [0.4, 0.5) is 4.39 Å². The van der Waals surface area contributed by atoms with E-state index < -0.39 is 0 Å². The smallest absolute Gasteiger partial charge is 0.123 e. The zero-order chi connectivity index (χ0) is 13.8. The molecule has 1 saturated heterocycles. The van der Waals surface area contributed by atoms with Gasteiger partial charge in [-0.25, -0.2) is 4.39 Å². The highest BCUT2D eigenvalue weighted by Crippen LogP contribution is 2.29. The zero-order valence-electron chi connectivity index (χ0n) is 11.7. The Kier molecular flexibility index (Phi) is 4.91. The molecule has 2 N–H and O–H groups in total. The van der Waals surface area contributed by atoms with Gasteiger partial charge < -0.3 is 10.5 Å². The van der Waals surface area contributed by atoms with Gasteiger partial charge in [-0.2, -0.15) is 0 Å². The van der Waals surface area contributed by atoms with E-state index in [1.807, 2.05) is 13.0 Å². The summed E-state index contributed by atoms with van der Waals surface area (Å²) in [5, 5.41) is 0. The Morgan fingerprint density at radius 3 is 3.00 bits per heavy atom. The number of likely N-dealkylation sites (tertiary alicyclic amines) is 1. The Hall–Kier alpha value is -0.970. The molecule has 0 aliphatic carbocycles. The van der Waals surface area contributed by atoms with Crippen LogP contribution >= 0.6 is 0 Å². The fraction of sp³-hybridized carbons (Fsp3) is 0.600. The molecule has 0 bridgehead atoms. The molecule has 0 spiro atoms. The van der Waals surface area contributed by atoms with Gasteiger partial charge >= 0.3 is 0 Å². The second-order valence-corrected chi connectivity index (χ2v) is 5.36. The third kappa shape index (κ3) is 3.32. The summed E-state index contributed by atoms with van der Waals surface area (Å²) in [6.45, 7) is 5.30. The maximum atomic E-state index is 13.4. The molecule has 2 atom stereocenters. The second-order valence-electron chi connectivity index (χ2n) is 5.36. The average molecular weight is 266 g/mol. The van der Waals surface area contributed by atoms with Gasteiger partial charge in [0.1, 0.15) is 5.82 Å². The van der Waals surface area contributed by atoms with Crippen LogP contribution in [-0.4, -0.2) is 38.3 Å². The van der Waals surface area contributed by atoms with E-state index in [-0.39, 0.29) is 11.9 Å². The van der Waals surface area contributed by atoms with Gasteiger partial charge in [0.15, 0.2) is 0 Å². The van der Waals surface area contributed by atoms with Crippen molar-refractivity contribution in [2.75, 3.05) is 33.4 Å². The number of benzene rings is 1. The summed E-state index contributed by atoms with van der Waals surface area (Å²) < 4.78 is 18.7. The lowest BCUT2D eigenvalue weighted by Gasteiger charge is -2.28. The summed E-state index contributed by atoms with van der Waals surface area (Å²) in [4.78, 5) is 2.35. The van der Waals surface area contributed by atoms with Crippen LogP contribution in [0.15, 0.2) is 18.2 Å². The molecule has 1 aliphatic heterocycles. The van der Waals surface area contributed by atoms with Crippen LogP contribution in [0, 0.1) is 18.7 Å². The monoisotopic (exact) mass is 266 g/mol. The molecular formula is C15H23FN2O. The van der Waals surface area contributed by atoms with Gasteiger partial charge in [-0.1, -0.05) is 6.07 Å². The molecule has 2 rings (SSSR count). The summed E-state index contributed by atoms with van der Waals surface area (Å²) in [7, 11) is 1.74. The summed E-state index contributed by atoms with van der Waals surface area (Å²) in [6.07, 6.45) is 1.12. The number of ether oxygens (including phenoxy) is 1. The minimum atomic E-state index is -0.188. The Labute approximate surface area is 114 Å². The van der Waals surface area contributed by atoms with Crippen LogP contribution in [0.5, 0.6) is 0 Å². The van der Waals surface area contributed by atoms with Crippen molar-refractivity contribution in [2.45, 2.75) is 19.4 Å². The van der Waals surface area contributed by atoms with Crippen LogP contribution in [-0.2, 0) is 4.74 Å². The highest BCUT2D eigenvalue weighted by Gasteiger charge is 2.29. The van der Waals surface area contributed by atoms with Crippen molar-refractivity contribution < 1.29 is 9.13 Å². The lowest BCUT2D eigenvalue weighted by atomic mass is 10.00. The molecule has 1 aromatic rings. The van der Waals surface area contributed by atoms with Gasteiger partial charge in [-0.3, -0.25) is 4.90 Å². The molecule has 1 heterocycles. The lowest BCUT2D eigenvalue weighted by molar-refractivity contribution is 0.147. The van der Waals surface area contributed by atoms with Gasteiger partial charge in [0, 0.05) is 26.2 Å². The van der Waals surface area contributed by atoms with Crippen molar-refractivity contribution in [3.05, 3.63) is 35.1 Å². The molecule has 0 saturated carbocycles. The number of hydrogen-bond acceptors (Lipinski definition) is 3. The first kappa shape index (κ1) is 14.4. The number of hydrogen-bond donors (Lipinski definition) is 1. The van der Waals surface area contributed by atoms with Crippen molar-refractivity contribution in [1.82, 2.24) is 4.90 Å². The number of methoxy groups -OCH3 is 1. The van der Waals surface area contributed by atoms with Crippen LogP contribution < -0.4 is 5.73 Å². The summed E-state index contributed by atoms with van der Waals surface area (Å²) in [6, 6.07) is 5.06. The first-order valence-electron chi connectivity index (χ1n) is 6.84. The maximum absolute atomic E-state index is 13.4.